The summed E-state index contributed by atoms with van der Waals surface area (Å²) in [5, 5.41) is 11.6. The Morgan fingerprint density at radius 2 is 1.79 bits per heavy atom. The molecule has 0 aliphatic carbocycles. The second-order valence-corrected chi connectivity index (χ2v) is 10.2. The maximum atomic E-state index is 14.1. The molecule has 206 valence electrons. The van der Waals surface area contributed by atoms with Gasteiger partial charge in [0.15, 0.2) is 0 Å². The van der Waals surface area contributed by atoms with Crippen LogP contribution in [0.1, 0.15) is 61.8 Å². The maximum Gasteiger partial charge on any atom is 0.337 e. The van der Waals surface area contributed by atoms with Crippen molar-refractivity contribution < 1.29 is 24.0 Å². The summed E-state index contributed by atoms with van der Waals surface area (Å²) in [4.78, 5) is 44.9. The number of rotatable bonds is 8. The molecule has 9 nitrogen and oxygen atoms in total. The molecule has 0 amide bonds. The summed E-state index contributed by atoms with van der Waals surface area (Å²) < 4.78 is 11.3. The first-order valence-corrected chi connectivity index (χ1v) is 13.3. The predicted molar refractivity (Wildman–Crippen MR) is 147 cm³/mol. The molecule has 9 heteroatoms. The van der Waals surface area contributed by atoms with Crippen molar-refractivity contribution in [3.05, 3.63) is 86.6 Å². The minimum absolute atomic E-state index is 0.135. The number of methoxy groups -OCH3 is 1. The number of nitrogens with zero attached hydrogens (tertiary/aromatic N) is 3. The lowest BCUT2D eigenvalue weighted by molar-refractivity contribution is -0.384. The Bertz CT molecular complexity index is 1310. The average Bonchev–Trinajstić information content (AvgIpc) is 2.92. The molecule has 39 heavy (non-hydrogen) atoms. The largest absolute Gasteiger partial charge is 0.468 e. The fraction of sp³-hybridized carbons (Fsp3) is 0.433. The van der Waals surface area contributed by atoms with Crippen molar-refractivity contribution in [2.75, 3.05) is 26.7 Å². The number of hydrogen-bond acceptors (Lipinski definition) is 8. The Labute approximate surface area is 228 Å². The van der Waals surface area contributed by atoms with Gasteiger partial charge < -0.3 is 9.47 Å². The van der Waals surface area contributed by atoms with Crippen molar-refractivity contribution in [2.45, 2.75) is 52.1 Å². The SMILES string of the molecule is COC(=O)C1C(C)=NC(C)=C(C(=O)OC(CN2CCCCC2)c2ccccc2C)C1c1cccc([N+](=O)[O-])c1. The van der Waals surface area contributed by atoms with Crippen LogP contribution in [0.4, 0.5) is 5.69 Å². The molecule has 2 aliphatic rings. The normalized spacial score (nSPS) is 20.7. The van der Waals surface area contributed by atoms with E-state index in [1.807, 2.05) is 31.2 Å². The molecule has 0 saturated carbocycles. The smallest absolute Gasteiger partial charge is 0.337 e. The third-order valence-electron chi connectivity index (χ3n) is 7.60. The van der Waals surface area contributed by atoms with E-state index < -0.39 is 34.8 Å². The van der Waals surface area contributed by atoms with Gasteiger partial charge in [0.1, 0.15) is 12.0 Å². The topological polar surface area (TPSA) is 111 Å². The number of benzene rings is 2. The lowest BCUT2D eigenvalue weighted by Gasteiger charge is -2.34. The van der Waals surface area contributed by atoms with E-state index in [9.17, 15) is 19.7 Å². The van der Waals surface area contributed by atoms with Crippen LogP contribution in [-0.4, -0.2) is 54.2 Å². The molecule has 2 heterocycles. The van der Waals surface area contributed by atoms with Gasteiger partial charge in [-0.05, 0) is 63.4 Å². The van der Waals surface area contributed by atoms with Gasteiger partial charge in [-0.15, -0.1) is 0 Å². The van der Waals surface area contributed by atoms with Crippen LogP contribution in [0.2, 0.25) is 0 Å². The van der Waals surface area contributed by atoms with Crippen LogP contribution in [0.25, 0.3) is 0 Å². The minimum Gasteiger partial charge on any atom is -0.468 e. The van der Waals surface area contributed by atoms with E-state index in [1.54, 1.807) is 26.0 Å². The summed E-state index contributed by atoms with van der Waals surface area (Å²) in [5.74, 6) is -2.95. The third kappa shape index (κ3) is 6.25. The van der Waals surface area contributed by atoms with Crippen molar-refractivity contribution in [3.63, 3.8) is 0 Å². The zero-order chi connectivity index (χ0) is 28.1. The Morgan fingerprint density at radius 3 is 2.46 bits per heavy atom. The van der Waals surface area contributed by atoms with Gasteiger partial charge in [0, 0.05) is 36.0 Å². The van der Waals surface area contributed by atoms with Crippen molar-refractivity contribution >= 4 is 23.3 Å². The second-order valence-electron chi connectivity index (χ2n) is 10.2. The summed E-state index contributed by atoms with van der Waals surface area (Å²) in [7, 11) is 1.27. The van der Waals surface area contributed by atoms with Crippen LogP contribution in [-0.2, 0) is 19.1 Å². The van der Waals surface area contributed by atoms with Crippen LogP contribution in [0, 0.1) is 23.0 Å². The van der Waals surface area contributed by atoms with Crippen LogP contribution in [0.3, 0.4) is 0 Å². The molecule has 0 bridgehead atoms. The van der Waals surface area contributed by atoms with Crippen molar-refractivity contribution in [3.8, 4) is 0 Å². The van der Waals surface area contributed by atoms with E-state index in [0.29, 0.717) is 23.5 Å². The molecule has 3 atom stereocenters. The number of allylic oxidation sites excluding steroid dienone is 1. The van der Waals surface area contributed by atoms with Crippen LogP contribution >= 0.6 is 0 Å². The van der Waals surface area contributed by atoms with E-state index >= 15 is 0 Å². The number of esters is 2. The highest BCUT2D eigenvalue weighted by atomic mass is 16.6. The van der Waals surface area contributed by atoms with Gasteiger partial charge in [0.05, 0.1) is 17.6 Å². The molecular formula is C30H35N3O6. The van der Waals surface area contributed by atoms with Crippen molar-refractivity contribution in [2.24, 2.45) is 10.9 Å². The molecular weight excluding hydrogens is 498 g/mol. The Hall–Kier alpha value is -3.85. The highest BCUT2D eigenvalue weighted by Crippen LogP contribution is 2.41. The van der Waals surface area contributed by atoms with Gasteiger partial charge in [0.25, 0.3) is 5.69 Å². The average molecular weight is 534 g/mol. The molecule has 2 aromatic rings. The summed E-state index contributed by atoms with van der Waals surface area (Å²) in [6, 6.07) is 13.8. The van der Waals surface area contributed by atoms with Crippen LogP contribution in [0.15, 0.2) is 64.8 Å². The maximum absolute atomic E-state index is 14.1. The Balaban J connectivity index is 1.76. The number of non-ortho nitro benzene ring substituents is 1. The molecule has 1 fully saturated rings. The number of carbonyl (C=O) groups is 2. The standard InChI is InChI=1S/C30H35N3O6/c1-19-11-6-7-14-24(19)25(18-32-15-8-5-9-16-32)39-30(35)27-21(3)31-20(2)26(29(34)38-4)28(27)22-12-10-13-23(17-22)33(36)37/h6-7,10-14,17,25-26,28H,5,8-9,15-16,18H2,1-4H3. The van der Waals surface area contributed by atoms with E-state index in [1.165, 1.54) is 25.7 Å². The van der Waals surface area contributed by atoms with E-state index in [-0.39, 0.29) is 11.3 Å². The number of carbonyl (C=O) groups excluding carboxylic acids is 2. The molecule has 2 aromatic carbocycles. The number of nitro benzene ring substituents is 1. The molecule has 3 unspecified atom stereocenters. The minimum atomic E-state index is -0.928. The molecule has 0 spiro atoms. The molecule has 0 N–H and O–H groups in total. The van der Waals surface area contributed by atoms with E-state index in [0.717, 1.165) is 37.1 Å². The zero-order valence-electron chi connectivity index (χ0n) is 22.9. The third-order valence-corrected chi connectivity index (χ3v) is 7.60. The lowest BCUT2D eigenvalue weighted by atomic mass is 9.75. The first kappa shape index (κ1) is 28.2. The number of nitro groups is 1. The van der Waals surface area contributed by atoms with Gasteiger partial charge in [0.2, 0.25) is 0 Å². The van der Waals surface area contributed by atoms with Gasteiger partial charge in [-0.2, -0.15) is 0 Å². The van der Waals surface area contributed by atoms with Crippen LogP contribution in [0.5, 0.6) is 0 Å². The number of piperidine rings is 1. The van der Waals surface area contributed by atoms with Gasteiger partial charge in [-0.3, -0.25) is 24.8 Å². The molecule has 0 radical (unpaired) electrons. The molecule has 0 aromatic heterocycles. The number of aliphatic imine (C=N–C) groups is 1. The Kier molecular flexibility index (Phi) is 8.91. The van der Waals surface area contributed by atoms with Crippen LogP contribution < -0.4 is 0 Å². The summed E-state index contributed by atoms with van der Waals surface area (Å²) in [5.41, 5.74) is 3.33. The number of aryl methyl sites for hydroxylation is 1. The monoisotopic (exact) mass is 533 g/mol. The highest BCUT2D eigenvalue weighted by Gasteiger charge is 2.43. The quantitative estimate of drug-likeness (QED) is 0.257. The van der Waals surface area contributed by atoms with Crippen molar-refractivity contribution in [1.29, 1.82) is 0 Å². The lowest BCUT2D eigenvalue weighted by Crippen LogP contribution is -2.38. The fourth-order valence-electron chi connectivity index (χ4n) is 5.64. The van der Waals surface area contributed by atoms with Gasteiger partial charge >= 0.3 is 11.9 Å². The van der Waals surface area contributed by atoms with E-state index in [2.05, 4.69) is 9.89 Å². The highest BCUT2D eigenvalue weighted by molar-refractivity contribution is 6.07. The van der Waals surface area contributed by atoms with Gasteiger partial charge in [-0.1, -0.05) is 42.8 Å². The summed E-state index contributed by atoms with van der Waals surface area (Å²) in [6.07, 6.45) is 2.85. The number of likely N-dealkylation sites (tertiary alicyclic amines) is 1. The zero-order valence-corrected chi connectivity index (χ0v) is 22.9. The molecule has 4 rings (SSSR count). The van der Waals surface area contributed by atoms with Gasteiger partial charge in [-0.25, -0.2) is 4.79 Å². The summed E-state index contributed by atoms with van der Waals surface area (Å²) >= 11 is 0. The van der Waals surface area contributed by atoms with Crippen molar-refractivity contribution in [1.82, 2.24) is 4.90 Å². The summed E-state index contributed by atoms with van der Waals surface area (Å²) in [6.45, 7) is 7.81. The van der Waals surface area contributed by atoms with E-state index in [4.69, 9.17) is 9.47 Å². The number of hydrogen-bond donors (Lipinski definition) is 0. The fourth-order valence-corrected chi connectivity index (χ4v) is 5.64. The predicted octanol–water partition coefficient (Wildman–Crippen LogP) is 5.29. The molecule has 1 saturated heterocycles. The first-order valence-electron chi connectivity index (χ1n) is 13.3. The first-order chi connectivity index (χ1) is 18.7. The molecule has 2 aliphatic heterocycles. The number of ether oxygens (including phenoxy) is 2. The Morgan fingerprint density at radius 1 is 1.08 bits per heavy atom. The second kappa shape index (κ2) is 12.3.